The fraction of sp³-hybridized carbons (Fsp3) is 0.286. The Morgan fingerprint density at radius 1 is 1.78 bits per heavy atom. The van der Waals surface area contributed by atoms with E-state index in [0.717, 1.165) is 24.0 Å². The highest BCUT2D eigenvalue weighted by molar-refractivity contribution is 5.76. The van der Waals surface area contributed by atoms with Crippen molar-refractivity contribution in [1.82, 2.24) is 4.98 Å². The van der Waals surface area contributed by atoms with Gasteiger partial charge in [-0.25, -0.2) is 0 Å². The fourth-order valence-corrected chi connectivity index (χ4v) is 0.833. The van der Waals surface area contributed by atoms with E-state index in [1.165, 1.54) is 0 Å². The summed E-state index contributed by atoms with van der Waals surface area (Å²) in [4.78, 5) is 13.2. The van der Waals surface area contributed by atoms with Gasteiger partial charge in [0.2, 0.25) is 0 Å². The summed E-state index contributed by atoms with van der Waals surface area (Å²) in [7, 11) is 0. The van der Waals surface area contributed by atoms with Crippen molar-refractivity contribution in [2.24, 2.45) is 0 Å². The van der Waals surface area contributed by atoms with Crippen molar-refractivity contribution in [3.63, 3.8) is 0 Å². The number of carbonyl (C=O) groups is 1. The van der Waals surface area contributed by atoms with E-state index >= 15 is 0 Å². The lowest BCUT2D eigenvalue weighted by Gasteiger charge is -1.88. The number of nitrogens with one attached hydrogen (secondary N) is 1. The molecule has 1 heterocycles. The molecule has 0 saturated heterocycles. The SMILES string of the molecule is CCc1[nH]ccc1C=O. The van der Waals surface area contributed by atoms with E-state index in [4.69, 9.17) is 0 Å². The van der Waals surface area contributed by atoms with E-state index in [-0.39, 0.29) is 0 Å². The Morgan fingerprint density at radius 3 is 3.00 bits per heavy atom. The molecular weight excluding hydrogens is 114 g/mol. The summed E-state index contributed by atoms with van der Waals surface area (Å²) >= 11 is 0. The highest BCUT2D eigenvalue weighted by atomic mass is 16.1. The zero-order valence-electron chi connectivity index (χ0n) is 5.35. The minimum atomic E-state index is 0.775. The van der Waals surface area contributed by atoms with Crippen molar-refractivity contribution >= 4 is 6.29 Å². The number of aromatic amines is 1. The van der Waals surface area contributed by atoms with Crippen LogP contribution in [0.4, 0.5) is 0 Å². The van der Waals surface area contributed by atoms with Crippen molar-refractivity contribution in [2.75, 3.05) is 0 Å². The van der Waals surface area contributed by atoms with Gasteiger partial charge in [-0.3, -0.25) is 4.79 Å². The molecule has 9 heavy (non-hydrogen) atoms. The lowest BCUT2D eigenvalue weighted by Crippen LogP contribution is -1.84. The predicted octanol–water partition coefficient (Wildman–Crippen LogP) is 1.39. The molecule has 1 aromatic heterocycles. The van der Waals surface area contributed by atoms with Crippen LogP contribution in [0, 0.1) is 0 Å². The molecule has 0 aliphatic heterocycles. The van der Waals surface area contributed by atoms with Crippen LogP contribution in [-0.2, 0) is 6.42 Å². The number of hydrogen-bond donors (Lipinski definition) is 1. The van der Waals surface area contributed by atoms with Crippen LogP contribution in [0.25, 0.3) is 0 Å². The van der Waals surface area contributed by atoms with Crippen molar-refractivity contribution in [3.05, 3.63) is 23.5 Å². The van der Waals surface area contributed by atoms with Gasteiger partial charge in [-0.05, 0) is 12.5 Å². The highest BCUT2D eigenvalue weighted by Crippen LogP contribution is 2.02. The third kappa shape index (κ3) is 1.02. The standard InChI is InChI=1S/C7H9NO/c1-2-7-6(5-9)3-4-8-7/h3-5,8H,2H2,1H3. The third-order valence-corrected chi connectivity index (χ3v) is 1.35. The molecular formula is C7H9NO. The van der Waals surface area contributed by atoms with Gasteiger partial charge in [-0.2, -0.15) is 0 Å². The van der Waals surface area contributed by atoms with Crippen molar-refractivity contribution in [2.45, 2.75) is 13.3 Å². The molecule has 0 unspecified atom stereocenters. The third-order valence-electron chi connectivity index (χ3n) is 1.35. The van der Waals surface area contributed by atoms with Crippen LogP contribution >= 0.6 is 0 Å². The zero-order chi connectivity index (χ0) is 6.69. The first-order valence-electron chi connectivity index (χ1n) is 3.00. The molecule has 0 spiro atoms. The molecule has 0 amide bonds. The Balaban J connectivity index is 2.98. The molecule has 0 aliphatic carbocycles. The smallest absolute Gasteiger partial charge is 0.151 e. The normalized spacial score (nSPS) is 9.44. The number of rotatable bonds is 2. The van der Waals surface area contributed by atoms with Gasteiger partial charge in [0.15, 0.2) is 6.29 Å². The van der Waals surface area contributed by atoms with E-state index in [0.29, 0.717) is 0 Å². The number of hydrogen-bond acceptors (Lipinski definition) is 1. The molecule has 2 heteroatoms. The fourth-order valence-electron chi connectivity index (χ4n) is 0.833. The van der Waals surface area contributed by atoms with Gasteiger partial charge in [0, 0.05) is 17.5 Å². The summed E-state index contributed by atoms with van der Waals surface area (Å²) < 4.78 is 0. The zero-order valence-corrected chi connectivity index (χ0v) is 5.35. The second-order valence-corrected chi connectivity index (χ2v) is 1.88. The molecule has 0 atom stereocenters. The molecule has 48 valence electrons. The average molecular weight is 123 g/mol. The van der Waals surface area contributed by atoms with Gasteiger partial charge < -0.3 is 4.98 Å². The molecule has 1 rings (SSSR count). The lowest BCUT2D eigenvalue weighted by molar-refractivity contribution is 0.112. The van der Waals surface area contributed by atoms with Gasteiger partial charge in [-0.15, -0.1) is 0 Å². The van der Waals surface area contributed by atoms with Crippen LogP contribution in [0.15, 0.2) is 12.3 Å². The Labute approximate surface area is 53.9 Å². The maximum atomic E-state index is 10.2. The number of aldehydes is 1. The molecule has 0 saturated carbocycles. The van der Waals surface area contributed by atoms with Gasteiger partial charge in [0.05, 0.1) is 0 Å². The summed E-state index contributed by atoms with van der Waals surface area (Å²) in [6.45, 7) is 2.01. The maximum Gasteiger partial charge on any atom is 0.151 e. The maximum absolute atomic E-state index is 10.2. The van der Waals surface area contributed by atoms with Gasteiger partial charge in [0.1, 0.15) is 0 Å². The van der Waals surface area contributed by atoms with E-state index in [2.05, 4.69) is 4.98 Å². The molecule has 2 nitrogen and oxygen atoms in total. The van der Waals surface area contributed by atoms with Crippen LogP contribution in [-0.4, -0.2) is 11.3 Å². The summed E-state index contributed by atoms with van der Waals surface area (Å²) in [5, 5.41) is 0. The summed E-state index contributed by atoms with van der Waals surface area (Å²) in [6, 6.07) is 1.78. The van der Waals surface area contributed by atoms with E-state index in [1.54, 1.807) is 12.3 Å². The Hall–Kier alpha value is -1.05. The molecule has 0 aromatic carbocycles. The van der Waals surface area contributed by atoms with Crippen molar-refractivity contribution in [3.8, 4) is 0 Å². The van der Waals surface area contributed by atoms with E-state index in [1.807, 2.05) is 6.92 Å². The Bertz CT molecular complexity index is 202. The summed E-state index contributed by atoms with van der Waals surface area (Å²) in [5.41, 5.74) is 1.79. The second-order valence-electron chi connectivity index (χ2n) is 1.88. The predicted molar refractivity (Wildman–Crippen MR) is 35.6 cm³/mol. The first-order chi connectivity index (χ1) is 4.38. The number of carbonyl (C=O) groups excluding carboxylic acids is 1. The highest BCUT2D eigenvalue weighted by Gasteiger charge is 1.96. The molecule has 0 radical (unpaired) electrons. The minimum absolute atomic E-state index is 0.775. The topological polar surface area (TPSA) is 32.9 Å². The van der Waals surface area contributed by atoms with Crippen molar-refractivity contribution < 1.29 is 4.79 Å². The number of H-pyrrole nitrogens is 1. The quantitative estimate of drug-likeness (QED) is 0.592. The number of aromatic nitrogens is 1. The van der Waals surface area contributed by atoms with Gasteiger partial charge in [0.25, 0.3) is 0 Å². The van der Waals surface area contributed by atoms with Crippen LogP contribution < -0.4 is 0 Å². The molecule has 1 N–H and O–H groups in total. The van der Waals surface area contributed by atoms with E-state index < -0.39 is 0 Å². The second kappa shape index (κ2) is 2.49. The Morgan fingerprint density at radius 2 is 2.56 bits per heavy atom. The van der Waals surface area contributed by atoms with Gasteiger partial charge in [-0.1, -0.05) is 6.92 Å². The minimum Gasteiger partial charge on any atom is -0.364 e. The van der Waals surface area contributed by atoms with Crippen LogP contribution in [0.1, 0.15) is 23.0 Å². The van der Waals surface area contributed by atoms with E-state index in [9.17, 15) is 4.79 Å². The molecule has 0 bridgehead atoms. The molecule has 1 aromatic rings. The first-order valence-corrected chi connectivity index (χ1v) is 3.00. The number of aryl methyl sites for hydroxylation is 1. The largest absolute Gasteiger partial charge is 0.364 e. The summed E-state index contributed by atoms with van der Waals surface area (Å²) in [6.07, 6.45) is 3.54. The summed E-state index contributed by atoms with van der Waals surface area (Å²) in [5.74, 6) is 0. The van der Waals surface area contributed by atoms with Crippen LogP contribution in [0.5, 0.6) is 0 Å². The van der Waals surface area contributed by atoms with Crippen LogP contribution in [0.2, 0.25) is 0 Å². The van der Waals surface area contributed by atoms with Crippen molar-refractivity contribution in [1.29, 1.82) is 0 Å². The monoisotopic (exact) mass is 123 g/mol. The van der Waals surface area contributed by atoms with Crippen LogP contribution in [0.3, 0.4) is 0 Å². The Kier molecular flexibility index (Phi) is 1.68. The lowest BCUT2D eigenvalue weighted by atomic mass is 10.2. The average Bonchev–Trinajstić information content (AvgIpc) is 2.33. The van der Waals surface area contributed by atoms with Gasteiger partial charge >= 0.3 is 0 Å². The first kappa shape index (κ1) is 6.08. The molecule has 0 aliphatic rings. The molecule has 0 fully saturated rings.